The van der Waals surface area contributed by atoms with Gasteiger partial charge >= 0.3 is 6.09 Å². The maximum atomic E-state index is 11.9. The number of amides is 1. The van der Waals surface area contributed by atoms with Crippen LogP contribution >= 0.6 is 0 Å². The van der Waals surface area contributed by atoms with E-state index in [9.17, 15) is 4.79 Å². The smallest absolute Gasteiger partial charge is 0.407 e. The van der Waals surface area contributed by atoms with Crippen LogP contribution < -0.4 is 10.6 Å². The normalized spacial score (nSPS) is 22.4. The summed E-state index contributed by atoms with van der Waals surface area (Å²) >= 11 is 0. The fourth-order valence-corrected chi connectivity index (χ4v) is 3.00. The van der Waals surface area contributed by atoms with Gasteiger partial charge in [-0.25, -0.2) is 4.79 Å². The van der Waals surface area contributed by atoms with Gasteiger partial charge in [0.05, 0.1) is 0 Å². The van der Waals surface area contributed by atoms with Crippen molar-refractivity contribution < 1.29 is 9.53 Å². The Bertz CT molecular complexity index is 355. The molecule has 0 aromatic rings. The van der Waals surface area contributed by atoms with Crippen molar-refractivity contribution in [3.05, 3.63) is 0 Å². The molecule has 5 heteroatoms. The Morgan fingerprint density at radius 2 is 1.86 bits per heavy atom. The summed E-state index contributed by atoms with van der Waals surface area (Å²) in [5.74, 6) is 1.40. The summed E-state index contributed by atoms with van der Waals surface area (Å²) in [5, 5.41) is 6.62. The van der Waals surface area contributed by atoms with Gasteiger partial charge in [0, 0.05) is 12.6 Å². The first-order valence-corrected chi connectivity index (χ1v) is 8.72. The van der Waals surface area contributed by atoms with E-state index in [1.165, 1.54) is 38.8 Å². The largest absolute Gasteiger partial charge is 0.444 e. The van der Waals surface area contributed by atoms with Crippen LogP contribution in [0.2, 0.25) is 0 Å². The van der Waals surface area contributed by atoms with Crippen molar-refractivity contribution in [2.24, 2.45) is 11.8 Å². The average Bonchev–Trinajstić information content (AvgIpc) is 3.22. The highest BCUT2D eigenvalue weighted by Crippen LogP contribution is 2.32. The summed E-state index contributed by atoms with van der Waals surface area (Å²) in [4.78, 5) is 14.3. The summed E-state index contributed by atoms with van der Waals surface area (Å²) in [5.41, 5.74) is -0.431. The van der Waals surface area contributed by atoms with Crippen molar-refractivity contribution in [2.45, 2.75) is 58.1 Å². The van der Waals surface area contributed by atoms with Gasteiger partial charge in [0.2, 0.25) is 0 Å². The second-order valence-corrected chi connectivity index (χ2v) is 8.00. The molecule has 0 aromatic carbocycles. The quantitative estimate of drug-likeness (QED) is 0.790. The van der Waals surface area contributed by atoms with Crippen LogP contribution in [-0.2, 0) is 4.74 Å². The first-order valence-electron chi connectivity index (χ1n) is 8.72. The highest BCUT2D eigenvalue weighted by atomic mass is 16.6. The molecule has 0 aromatic heterocycles. The minimum atomic E-state index is -0.431. The zero-order chi connectivity index (χ0) is 16.2. The molecule has 1 aliphatic heterocycles. The zero-order valence-corrected chi connectivity index (χ0v) is 14.7. The fourth-order valence-electron chi connectivity index (χ4n) is 3.00. The summed E-state index contributed by atoms with van der Waals surface area (Å²) in [6.45, 7) is 10.0. The number of hydrogen-bond donors (Lipinski definition) is 2. The van der Waals surface area contributed by atoms with Crippen molar-refractivity contribution in [1.82, 2.24) is 15.5 Å². The summed E-state index contributed by atoms with van der Waals surface area (Å²) in [7, 11) is 2.19. The molecule has 0 radical (unpaired) electrons. The van der Waals surface area contributed by atoms with E-state index in [-0.39, 0.29) is 12.1 Å². The molecule has 128 valence electrons. The number of nitrogens with one attached hydrogen (secondary N) is 2. The number of piperidine rings is 1. The Kier molecular flexibility index (Phi) is 6.09. The third-order valence-corrected chi connectivity index (χ3v) is 4.53. The molecule has 1 atom stereocenters. The first kappa shape index (κ1) is 17.5. The molecule has 1 amide bonds. The van der Waals surface area contributed by atoms with Crippen LogP contribution in [-0.4, -0.2) is 55.9 Å². The number of likely N-dealkylation sites (tertiary alicyclic amines) is 1. The molecule has 1 unspecified atom stereocenters. The lowest BCUT2D eigenvalue weighted by molar-refractivity contribution is 0.0497. The van der Waals surface area contributed by atoms with Gasteiger partial charge in [-0.15, -0.1) is 0 Å². The maximum Gasteiger partial charge on any atom is 0.407 e. The minimum Gasteiger partial charge on any atom is -0.444 e. The van der Waals surface area contributed by atoms with Crippen LogP contribution in [0.5, 0.6) is 0 Å². The zero-order valence-electron chi connectivity index (χ0n) is 14.7. The minimum absolute atomic E-state index is 0.209. The molecule has 2 rings (SSSR count). The second-order valence-electron chi connectivity index (χ2n) is 8.00. The Hall–Kier alpha value is -0.810. The topological polar surface area (TPSA) is 53.6 Å². The average molecular weight is 311 g/mol. The van der Waals surface area contributed by atoms with Crippen molar-refractivity contribution >= 4 is 6.09 Å². The summed E-state index contributed by atoms with van der Waals surface area (Å²) in [6, 6.07) is 0.209. The molecule has 22 heavy (non-hydrogen) atoms. The van der Waals surface area contributed by atoms with E-state index in [1.54, 1.807) is 0 Å². The van der Waals surface area contributed by atoms with Gasteiger partial charge in [0.1, 0.15) is 5.60 Å². The summed E-state index contributed by atoms with van der Waals surface area (Å²) in [6.07, 6.45) is 4.70. The van der Waals surface area contributed by atoms with Crippen LogP contribution in [0.4, 0.5) is 4.79 Å². The lowest BCUT2D eigenvalue weighted by Gasteiger charge is -2.30. The number of ether oxygens (including phenoxy) is 1. The van der Waals surface area contributed by atoms with E-state index in [4.69, 9.17) is 4.74 Å². The predicted molar refractivity (Wildman–Crippen MR) is 89.0 cm³/mol. The van der Waals surface area contributed by atoms with E-state index in [0.717, 1.165) is 19.0 Å². The van der Waals surface area contributed by atoms with E-state index >= 15 is 0 Å². The molecule has 1 saturated carbocycles. The van der Waals surface area contributed by atoms with Gasteiger partial charge in [0.25, 0.3) is 0 Å². The second kappa shape index (κ2) is 7.64. The van der Waals surface area contributed by atoms with Gasteiger partial charge in [-0.05, 0) is 85.0 Å². The SMILES string of the molecule is CN1CCC(CNCC(NC(=O)OC(C)(C)C)C2CC2)CC1. The molecular formula is C17H33N3O2. The third kappa shape index (κ3) is 6.53. The lowest BCUT2D eigenvalue weighted by atomic mass is 9.97. The van der Waals surface area contributed by atoms with Crippen LogP contribution in [0.15, 0.2) is 0 Å². The number of carbonyl (C=O) groups excluding carboxylic acids is 1. The molecule has 2 N–H and O–H groups in total. The van der Waals surface area contributed by atoms with E-state index in [2.05, 4.69) is 22.6 Å². The molecule has 1 saturated heterocycles. The van der Waals surface area contributed by atoms with Gasteiger partial charge in [-0.1, -0.05) is 0 Å². The van der Waals surface area contributed by atoms with Gasteiger partial charge in [-0.2, -0.15) is 0 Å². The lowest BCUT2D eigenvalue weighted by Crippen LogP contribution is -2.46. The predicted octanol–water partition coefficient (Wildman–Crippen LogP) is 2.22. The van der Waals surface area contributed by atoms with Crippen molar-refractivity contribution in [1.29, 1.82) is 0 Å². The van der Waals surface area contributed by atoms with Crippen molar-refractivity contribution in [2.75, 3.05) is 33.2 Å². The fraction of sp³-hybridized carbons (Fsp3) is 0.941. The molecule has 0 bridgehead atoms. The van der Waals surface area contributed by atoms with Crippen molar-refractivity contribution in [3.63, 3.8) is 0 Å². The molecule has 2 aliphatic rings. The standard InChI is InChI=1S/C17H33N3O2/c1-17(2,3)22-16(21)19-15(14-5-6-14)12-18-11-13-7-9-20(4)10-8-13/h13-15,18H,5-12H2,1-4H3,(H,19,21). The molecule has 1 aliphatic carbocycles. The third-order valence-electron chi connectivity index (χ3n) is 4.53. The van der Waals surface area contributed by atoms with E-state index in [0.29, 0.717) is 5.92 Å². The molecule has 1 heterocycles. The van der Waals surface area contributed by atoms with Crippen LogP contribution in [0.3, 0.4) is 0 Å². The molecular weight excluding hydrogens is 278 g/mol. The Labute approximate surface area is 135 Å². The first-order chi connectivity index (χ1) is 10.3. The number of rotatable bonds is 6. The highest BCUT2D eigenvalue weighted by Gasteiger charge is 2.33. The maximum absolute atomic E-state index is 11.9. The molecule has 2 fully saturated rings. The number of alkyl carbamates (subject to hydrolysis) is 1. The van der Waals surface area contributed by atoms with Gasteiger partial charge in [0.15, 0.2) is 0 Å². The van der Waals surface area contributed by atoms with Crippen molar-refractivity contribution in [3.8, 4) is 0 Å². The van der Waals surface area contributed by atoms with Crippen LogP contribution in [0.25, 0.3) is 0 Å². The van der Waals surface area contributed by atoms with E-state index in [1.807, 2.05) is 20.8 Å². The van der Waals surface area contributed by atoms with Gasteiger partial charge in [-0.3, -0.25) is 0 Å². The number of carbonyl (C=O) groups is 1. The Morgan fingerprint density at radius 3 is 2.41 bits per heavy atom. The van der Waals surface area contributed by atoms with Gasteiger partial charge < -0.3 is 20.3 Å². The molecule has 0 spiro atoms. The van der Waals surface area contributed by atoms with Crippen LogP contribution in [0, 0.1) is 11.8 Å². The Balaban J connectivity index is 1.67. The Morgan fingerprint density at radius 1 is 1.23 bits per heavy atom. The number of nitrogens with zero attached hydrogens (tertiary/aromatic N) is 1. The monoisotopic (exact) mass is 311 g/mol. The van der Waals surface area contributed by atoms with Crippen LogP contribution in [0.1, 0.15) is 46.5 Å². The molecule has 5 nitrogen and oxygen atoms in total. The number of hydrogen-bond acceptors (Lipinski definition) is 4. The van der Waals surface area contributed by atoms with E-state index < -0.39 is 5.60 Å². The summed E-state index contributed by atoms with van der Waals surface area (Å²) < 4.78 is 5.37. The highest BCUT2D eigenvalue weighted by molar-refractivity contribution is 5.68.